The van der Waals surface area contributed by atoms with E-state index >= 15 is 0 Å². The summed E-state index contributed by atoms with van der Waals surface area (Å²) < 4.78 is 41.6. The number of anilines is 4. The van der Waals surface area contributed by atoms with Crippen LogP contribution in [0.25, 0.3) is 0 Å². The van der Waals surface area contributed by atoms with Crippen LogP contribution in [0.2, 0.25) is 5.02 Å². The number of ether oxygens (including phenoxy) is 2. The second kappa shape index (κ2) is 15.1. The zero-order valence-electron chi connectivity index (χ0n) is 26.6. The van der Waals surface area contributed by atoms with Gasteiger partial charge in [-0.2, -0.15) is 4.98 Å². The van der Waals surface area contributed by atoms with E-state index in [9.17, 15) is 18.0 Å². The Morgan fingerprint density at radius 1 is 0.918 bits per heavy atom. The quantitative estimate of drug-likeness (QED) is 0.125. The standard InChI is InChI=1S/C33H32ClN7O7S/c1-33(2,20-47-30-31(41-48-40-30)49(44,45)23-9-5-4-6-10-23)19-46-27(42)17-21-13-15-22(16-14-21)37-32-36-18-25(34)28(39-32)38-26-12-8-7-11-24(26)29(43)35-3/h4-16,18H,17,19-20H2,1-3H3,(H,35,43)(H2,36,37,38,39). The Kier molecular flexibility index (Phi) is 10.7. The highest BCUT2D eigenvalue weighted by molar-refractivity contribution is 7.91. The maximum atomic E-state index is 12.9. The SMILES string of the molecule is CNC(=O)c1ccccc1Nc1nc(Nc2ccc(CC(=O)OCC(C)(C)COc3nonc3S(=O)(=O)c3ccccc3)cc2)ncc1Cl. The lowest BCUT2D eigenvalue weighted by atomic mass is 9.96. The fourth-order valence-electron chi connectivity index (χ4n) is 4.34. The summed E-state index contributed by atoms with van der Waals surface area (Å²) in [5.41, 5.74) is 1.61. The van der Waals surface area contributed by atoms with Crippen LogP contribution in [0.1, 0.15) is 29.8 Å². The molecule has 0 saturated carbocycles. The highest BCUT2D eigenvalue weighted by Crippen LogP contribution is 2.29. The fourth-order valence-corrected chi connectivity index (χ4v) is 5.67. The molecule has 3 N–H and O–H groups in total. The van der Waals surface area contributed by atoms with Gasteiger partial charge in [0.15, 0.2) is 5.82 Å². The predicted molar refractivity (Wildman–Crippen MR) is 180 cm³/mol. The molecule has 0 unspecified atom stereocenters. The first kappa shape index (κ1) is 34.8. The Bertz CT molecular complexity index is 2040. The van der Waals surface area contributed by atoms with Gasteiger partial charge in [-0.1, -0.05) is 67.9 Å². The minimum atomic E-state index is -4.01. The lowest BCUT2D eigenvalue weighted by Gasteiger charge is -2.23. The Morgan fingerprint density at radius 3 is 2.37 bits per heavy atom. The van der Waals surface area contributed by atoms with E-state index in [1.54, 1.807) is 87.6 Å². The van der Waals surface area contributed by atoms with Crippen molar-refractivity contribution in [3.8, 4) is 5.88 Å². The van der Waals surface area contributed by atoms with Gasteiger partial charge in [0.05, 0.1) is 42.0 Å². The van der Waals surface area contributed by atoms with E-state index in [0.717, 1.165) is 0 Å². The van der Waals surface area contributed by atoms with Crippen LogP contribution in [0, 0.1) is 5.41 Å². The van der Waals surface area contributed by atoms with Gasteiger partial charge in [-0.15, -0.1) is 0 Å². The van der Waals surface area contributed by atoms with Crippen LogP contribution in [0.5, 0.6) is 5.88 Å². The number of halogens is 1. The molecule has 0 bridgehead atoms. The monoisotopic (exact) mass is 705 g/mol. The number of esters is 1. The molecule has 2 aromatic heterocycles. The van der Waals surface area contributed by atoms with Crippen molar-refractivity contribution in [2.24, 2.45) is 5.41 Å². The molecule has 5 rings (SSSR count). The first-order valence-electron chi connectivity index (χ1n) is 14.8. The van der Waals surface area contributed by atoms with Crippen molar-refractivity contribution in [3.63, 3.8) is 0 Å². The van der Waals surface area contributed by atoms with Crippen LogP contribution in [0.15, 0.2) is 99.6 Å². The van der Waals surface area contributed by atoms with E-state index in [-0.39, 0.29) is 47.3 Å². The summed E-state index contributed by atoms with van der Waals surface area (Å²) in [6.07, 6.45) is 1.45. The number of para-hydroxylation sites is 1. The van der Waals surface area contributed by atoms with Gasteiger partial charge in [0.25, 0.3) is 16.8 Å². The van der Waals surface area contributed by atoms with Crippen LogP contribution in [-0.4, -0.2) is 60.8 Å². The number of nitrogens with zero attached hydrogens (tertiary/aromatic N) is 4. The van der Waals surface area contributed by atoms with Crippen LogP contribution < -0.4 is 20.7 Å². The number of benzene rings is 3. The van der Waals surface area contributed by atoms with Crippen molar-refractivity contribution in [2.45, 2.75) is 30.2 Å². The summed E-state index contributed by atoms with van der Waals surface area (Å²) in [6.45, 7) is 3.55. The Labute approximate surface area is 287 Å². The van der Waals surface area contributed by atoms with Gasteiger partial charge in [-0.05, 0) is 52.3 Å². The smallest absolute Gasteiger partial charge is 0.310 e. The zero-order valence-corrected chi connectivity index (χ0v) is 28.2. The molecule has 0 spiro atoms. The number of aromatic nitrogens is 4. The molecule has 254 valence electrons. The molecule has 14 nitrogen and oxygen atoms in total. The number of hydrogen-bond acceptors (Lipinski definition) is 13. The second-order valence-corrected chi connectivity index (χ2v) is 13.7. The maximum Gasteiger partial charge on any atom is 0.310 e. The second-order valence-electron chi connectivity index (χ2n) is 11.4. The first-order valence-corrected chi connectivity index (χ1v) is 16.7. The molecule has 16 heteroatoms. The third-order valence-corrected chi connectivity index (χ3v) is 8.84. The summed E-state index contributed by atoms with van der Waals surface area (Å²) in [4.78, 5) is 33.6. The van der Waals surface area contributed by atoms with Crippen molar-refractivity contribution in [2.75, 3.05) is 30.9 Å². The van der Waals surface area contributed by atoms with Gasteiger partial charge in [-0.25, -0.2) is 18.0 Å². The number of carbonyl (C=O) groups excluding carboxylic acids is 2. The van der Waals surface area contributed by atoms with Gasteiger partial charge in [0.1, 0.15) is 5.02 Å². The predicted octanol–water partition coefficient (Wildman–Crippen LogP) is 5.38. The zero-order chi connectivity index (χ0) is 35.0. The summed E-state index contributed by atoms with van der Waals surface area (Å²) in [5.74, 6) is -0.440. The molecule has 49 heavy (non-hydrogen) atoms. The molecule has 0 aliphatic heterocycles. The minimum absolute atomic E-state index is 0.00458. The molecule has 1 amide bonds. The van der Waals surface area contributed by atoms with Crippen molar-refractivity contribution in [3.05, 3.63) is 101 Å². The van der Waals surface area contributed by atoms with Gasteiger partial charge < -0.3 is 25.4 Å². The van der Waals surface area contributed by atoms with E-state index < -0.39 is 26.2 Å². The number of rotatable bonds is 14. The summed E-state index contributed by atoms with van der Waals surface area (Å²) in [7, 11) is -2.46. The van der Waals surface area contributed by atoms with Gasteiger partial charge >= 0.3 is 5.97 Å². The average Bonchev–Trinajstić information content (AvgIpc) is 3.59. The van der Waals surface area contributed by atoms with Gasteiger partial charge in [-0.3, -0.25) is 9.59 Å². The van der Waals surface area contributed by atoms with E-state index in [1.165, 1.54) is 18.3 Å². The summed E-state index contributed by atoms with van der Waals surface area (Å²) in [5, 5.41) is 15.7. The van der Waals surface area contributed by atoms with Gasteiger partial charge in [0.2, 0.25) is 15.8 Å². The number of hydrogen-bond donors (Lipinski definition) is 3. The molecular weight excluding hydrogens is 674 g/mol. The lowest BCUT2D eigenvalue weighted by molar-refractivity contribution is -0.146. The van der Waals surface area contributed by atoms with E-state index in [1.807, 2.05) is 0 Å². The average molecular weight is 706 g/mol. The number of amides is 1. The van der Waals surface area contributed by atoms with Crippen molar-refractivity contribution < 1.29 is 32.1 Å². The molecule has 3 aromatic carbocycles. The maximum absolute atomic E-state index is 12.9. The molecule has 0 fully saturated rings. The van der Waals surface area contributed by atoms with Crippen molar-refractivity contribution >= 4 is 56.5 Å². The fraction of sp³-hybridized carbons (Fsp3) is 0.212. The molecule has 0 atom stereocenters. The molecule has 0 aliphatic rings. The van der Waals surface area contributed by atoms with Crippen LogP contribution in [-0.2, 0) is 25.8 Å². The Hall–Kier alpha value is -5.54. The van der Waals surface area contributed by atoms with Gasteiger partial charge in [0, 0.05) is 18.2 Å². The Balaban J connectivity index is 1.13. The van der Waals surface area contributed by atoms with Crippen molar-refractivity contribution in [1.82, 2.24) is 25.6 Å². The van der Waals surface area contributed by atoms with Crippen LogP contribution in [0.4, 0.5) is 23.1 Å². The van der Waals surface area contributed by atoms with Crippen molar-refractivity contribution in [1.29, 1.82) is 0 Å². The molecule has 0 saturated heterocycles. The van der Waals surface area contributed by atoms with Crippen LogP contribution >= 0.6 is 11.6 Å². The number of carbonyl (C=O) groups is 2. The lowest BCUT2D eigenvalue weighted by Crippen LogP contribution is -2.29. The third kappa shape index (κ3) is 8.88. The molecular formula is C33H32ClN7O7S. The van der Waals surface area contributed by atoms with Crippen LogP contribution in [0.3, 0.4) is 0 Å². The highest BCUT2D eigenvalue weighted by atomic mass is 35.5. The Morgan fingerprint density at radius 2 is 1.63 bits per heavy atom. The van der Waals surface area contributed by atoms with E-state index in [2.05, 4.69) is 40.9 Å². The molecule has 0 radical (unpaired) electrons. The molecule has 2 heterocycles. The topological polar surface area (TPSA) is 188 Å². The first-order chi connectivity index (χ1) is 23.4. The molecule has 5 aromatic rings. The van der Waals surface area contributed by atoms with E-state index in [4.69, 9.17) is 21.1 Å². The highest BCUT2D eigenvalue weighted by Gasteiger charge is 2.30. The number of sulfone groups is 1. The van der Waals surface area contributed by atoms with E-state index in [0.29, 0.717) is 28.3 Å². The minimum Gasteiger partial charge on any atom is -0.473 e. The molecule has 0 aliphatic carbocycles. The summed E-state index contributed by atoms with van der Waals surface area (Å²) >= 11 is 6.32. The largest absolute Gasteiger partial charge is 0.473 e. The summed E-state index contributed by atoms with van der Waals surface area (Å²) in [6, 6.07) is 21.7. The number of nitrogens with one attached hydrogen (secondary N) is 3. The normalized spacial score (nSPS) is 11.4. The third-order valence-electron chi connectivity index (χ3n) is 6.92.